The van der Waals surface area contributed by atoms with Crippen LogP contribution in [0.2, 0.25) is 0 Å². The molecular formula is C8H12N2OS. The summed E-state index contributed by atoms with van der Waals surface area (Å²) in [5, 5.41) is 3.41. The summed E-state index contributed by atoms with van der Waals surface area (Å²) in [6.45, 7) is 2.95. The maximum atomic E-state index is 5.16. The van der Waals surface area contributed by atoms with Crippen molar-refractivity contribution in [2.24, 2.45) is 0 Å². The van der Waals surface area contributed by atoms with E-state index in [-0.39, 0.29) is 0 Å². The summed E-state index contributed by atoms with van der Waals surface area (Å²) in [5.41, 5.74) is 1.04. The van der Waals surface area contributed by atoms with Gasteiger partial charge in [-0.25, -0.2) is 4.98 Å². The molecule has 1 unspecified atom stereocenters. The summed E-state index contributed by atoms with van der Waals surface area (Å²) in [6.07, 6.45) is 1.75. The predicted octanol–water partition coefficient (Wildman–Crippen LogP) is 1.36. The van der Waals surface area contributed by atoms with E-state index in [1.165, 1.54) is 5.75 Å². The van der Waals surface area contributed by atoms with Gasteiger partial charge in [0.1, 0.15) is 6.26 Å². The van der Waals surface area contributed by atoms with Crippen molar-refractivity contribution in [1.29, 1.82) is 0 Å². The van der Waals surface area contributed by atoms with Crippen LogP contribution in [0.1, 0.15) is 17.6 Å². The van der Waals surface area contributed by atoms with Crippen molar-refractivity contribution in [3.05, 3.63) is 17.8 Å². The lowest BCUT2D eigenvalue weighted by Crippen LogP contribution is -2.30. The maximum absolute atomic E-state index is 5.16. The van der Waals surface area contributed by atoms with E-state index >= 15 is 0 Å². The van der Waals surface area contributed by atoms with Crippen LogP contribution in [0.15, 0.2) is 10.7 Å². The van der Waals surface area contributed by atoms with Crippen molar-refractivity contribution in [1.82, 2.24) is 10.3 Å². The highest BCUT2D eigenvalue weighted by Gasteiger charge is 2.17. The number of rotatable bonds is 1. The van der Waals surface area contributed by atoms with Gasteiger partial charge in [0.15, 0.2) is 5.89 Å². The molecule has 1 aromatic heterocycles. The minimum atomic E-state index is 0.390. The molecule has 3 nitrogen and oxygen atoms in total. The minimum Gasteiger partial charge on any atom is -0.449 e. The lowest BCUT2D eigenvalue weighted by atomic mass is 10.2. The summed E-state index contributed by atoms with van der Waals surface area (Å²) in [7, 11) is 0. The number of hydrogen-bond acceptors (Lipinski definition) is 4. The zero-order chi connectivity index (χ0) is 8.39. The summed E-state index contributed by atoms with van der Waals surface area (Å²) in [5.74, 6) is 3.06. The van der Waals surface area contributed by atoms with Gasteiger partial charge in [-0.1, -0.05) is 0 Å². The van der Waals surface area contributed by atoms with E-state index in [1.807, 2.05) is 18.7 Å². The molecule has 0 spiro atoms. The van der Waals surface area contributed by atoms with Gasteiger partial charge in [-0.05, 0) is 0 Å². The van der Waals surface area contributed by atoms with E-state index in [2.05, 4.69) is 10.3 Å². The Bertz CT molecular complexity index is 255. The van der Waals surface area contributed by atoms with Gasteiger partial charge in [0.25, 0.3) is 0 Å². The number of nitrogens with one attached hydrogen (secondary N) is 1. The minimum absolute atomic E-state index is 0.390. The van der Waals surface area contributed by atoms with Gasteiger partial charge in [-0.2, -0.15) is 11.8 Å². The first kappa shape index (κ1) is 8.13. The Morgan fingerprint density at radius 2 is 2.67 bits per heavy atom. The van der Waals surface area contributed by atoms with Crippen LogP contribution < -0.4 is 5.32 Å². The van der Waals surface area contributed by atoms with E-state index in [9.17, 15) is 0 Å². The predicted molar refractivity (Wildman–Crippen MR) is 49.3 cm³/mol. The van der Waals surface area contributed by atoms with Crippen molar-refractivity contribution >= 4 is 11.8 Å². The lowest BCUT2D eigenvalue weighted by Gasteiger charge is -2.20. The lowest BCUT2D eigenvalue weighted by molar-refractivity contribution is 0.517. The molecule has 4 heteroatoms. The van der Waals surface area contributed by atoms with Gasteiger partial charge in [0.05, 0.1) is 11.7 Å². The Balaban J connectivity index is 2.08. The third-order valence-corrected chi connectivity index (χ3v) is 2.98. The fraction of sp³-hybridized carbons (Fsp3) is 0.625. The van der Waals surface area contributed by atoms with E-state index in [0.29, 0.717) is 6.04 Å². The summed E-state index contributed by atoms with van der Waals surface area (Å²) >= 11 is 1.96. The highest BCUT2D eigenvalue weighted by atomic mass is 32.2. The largest absolute Gasteiger partial charge is 0.449 e. The van der Waals surface area contributed by atoms with E-state index in [0.717, 1.165) is 23.9 Å². The topological polar surface area (TPSA) is 38.1 Å². The van der Waals surface area contributed by atoms with Gasteiger partial charge in [0.2, 0.25) is 0 Å². The van der Waals surface area contributed by atoms with Crippen LogP contribution in [0.5, 0.6) is 0 Å². The number of hydrogen-bond donors (Lipinski definition) is 1. The Labute approximate surface area is 75.9 Å². The first-order valence-corrected chi connectivity index (χ1v) is 5.25. The first-order chi connectivity index (χ1) is 5.86. The van der Waals surface area contributed by atoms with Crippen molar-refractivity contribution in [3.63, 3.8) is 0 Å². The summed E-state index contributed by atoms with van der Waals surface area (Å²) in [4.78, 5) is 4.29. The van der Waals surface area contributed by atoms with E-state index in [1.54, 1.807) is 6.26 Å². The third-order valence-electron chi connectivity index (χ3n) is 1.92. The molecule has 1 fully saturated rings. The fourth-order valence-corrected chi connectivity index (χ4v) is 2.25. The quantitative estimate of drug-likeness (QED) is 0.715. The highest BCUT2D eigenvalue weighted by Crippen LogP contribution is 2.20. The van der Waals surface area contributed by atoms with Crippen LogP contribution >= 0.6 is 11.8 Å². The molecule has 2 rings (SSSR count). The molecule has 1 aromatic rings. The molecule has 0 radical (unpaired) electrons. The standard InChI is InChI=1S/C8H12N2OS/c1-6-10-7(4-11-6)8-5-12-3-2-9-8/h4,8-9H,2-3,5H2,1H3. The number of nitrogens with zero attached hydrogens (tertiary/aromatic N) is 1. The van der Waals surface area contributed by atoms with Gasteiger partial charge in [-0.15, -0.1) is 0 Å². The molecule has 0 saturated carbocycles. The van der Waals surface area contributed by atoms with Gasteiger partial charge < -0.3 is 9.73 Å². The Hall–Kier alpha value is -0.480. The first-order valence-electron chi connectivity index (χ1n) is 4.09. The number of aromatic nitrogens is 1. The Morgan fingerprint density at radius 1 is 1.75 bits per heavy atom. The van der Waals surface area contributed by atoms with Crippen LogP contribution in [0.3, 0.4) is 0 Å². The highest BCUT2D eigenvalue weighted by molar-refractivity contribution is 7.99. The molecule has 0 bridgehead atoms. The number of aryl methyl sites for hydroxylation is 1. The molecule has 0 aliphatic carbocycles. The average Bonchev–Trinajstić information content (AvgIpc) is 2.54. The van der Waals surface area contributed by atoms with Crippen LogP contribution in [0.25, 0.3) is 0 Å². The zero-order valence-electron chi connectivity index (χ0n) is 7.04. The second-order valence-electron chi connectivity index (χ2n) is 2.87. The van der Waals surface area contributed by atoms with Crippen LogP contribution in [0, 0.1) is 6.92 Å². The fourth-order valence-electron chi connectivity index (χ4n) is 1.30. The molecule has 66 valence electrons. The molecular weight excluding hydrogens is 172 g/mol. The Kier molecular flexibility index (Phi) is 2.37. The SMILES string of the molecule is Cc1nc(C2CSCCN2)co1. The molecule has 1 N–H and O–H groups in total. The van der Waals surface area contributed by atoms with Crippen LogP contribution in [0.4, 0.5) is 0 Å². The van der Waals surface area contributed by atoms with Crippen molar-refractivity contribution < 1.29 is 4.42 Å². The maximum Gasteiger partial charge on any atom is 0.191 e. The molecule has 1 aliphatic rings. The molecule has 0 amide bonds. The number of thioether (sulfide) groups is 1. The van der Waals surface area contributed by atoms with Gasteiger partial charge in [-0.3, -0.25) is 0 Å². The summed E-state index contributed by atoms with van der Waals surface area (Å²) in [6, 6.07) is 0.390. The van der Waals surface area contributed by atoms with Crippen LogP contribution in [-0.2, 0) is 0 Å². The van der Waals surface area contributed by atoms with Crippen molar-refractivity contribution in [3.8, 4) is 0 Å². The summed E-state index contributed by atoms with van der Waals surface area (Å²) < 4.78 is 5.16. The molecule has 12 heavy (non-hydrogen) atoms. The molecule has 0 aromatic carbocycles. The molecule has 1 atom stereocenters. The smallest absolute Gasteiger partial charge is 0.191 e. The van der Waals surface area contributed by atoms with Gasteiger partial charge in [0, 0.05) is 25.0 Å². The second-order valence-corrected chi connectivity index (χ2v) is 4.02. The molecule has 1 aliphatic heterocycles. The third kappa shape index (κ3) is 1.64. The van der Waals surface area contributed by atoms with Crippen molar-refractivity contribution in [2.75, 3.05) is 18.1 Å². The van der Waals surface area contributed by atoms with Crippen LogP contribution in [-0.4, -0.2) is 23.0 Å². The van der Waals surface area contributed by atoms with Gasteiger partial charge >= 0.3 is 0 Å². The van der Waals surface area contributed by atoms with E-state index < -0.39 is 0 Å². The normalized spacial score (nSPS) is 24.2. The van der Waals surface area contributed by atoms with Crippen molar-refractivity contribution in [2.45, 2.75) is 13.0 Å². The molecule has 1 saturated heterocycles. The zero-order valence-corrected chi connectivity index (χ0v) is 7.86. The monoisotopic (exact) mass is 184 g/mol. The van der Waals surface area contributed by atoms with E-state index in [4.69, 9.17) is 4.42 Å². The number of oxazole rings is 1. The average molecular weight is 184 g/mol. The second kappa shape index (κ2) is 3.49. The Morgan fingerprint density at radius 3 is 3.25 bits per heavy atom. The molecule has 2 heterocycles.